The molecule has 0 aliphatic carbocycles. The molecule has 2 aromatic carbocycles. The van der Waals surface area contributed by atoms with Crippen LogP contribution < -0.4 is 0 Å². The molecule has 0 aliphatic heterocycles. The van der Waals surface area contributed by atoms with Crippen LogP contribution in [-0.2, 0) is 35.4 Å². The van der Waals surface area contributed by atoms with E-state index in [1.807, 2.05) is 6.92 Å². The fraction of sp³-hybridized carbons (Fsp3) is 0.222. The molecular weight excluding hydrogens is 410 g/mol. The standard InChI is InChI=1S/C18H18ClNO5S2/c1-13-3-5-15(6-4-13)12-27(22,23)25-20-17(18(21)24-2)26-11-14-7-9-16(19)10-8-14/h3-10H,11-12H2,1-2H3/b20-17-. The number of aryl methyl sites for hydroxylation is 1. The smallest absolute Gasteiger partial charge is 0.366 e. The molecule has 9 heteroatoms. The van der Waals surface area contributed by atoms with Gasteiger partial charge in [0.25, 0.3) is 0 Å². The number of methoxy groups -OCH3 is 1. The summed E-state index contributed by atoms with van der Waals surface area (Å²) in [6, 6.07) is 14.0. The Labute approximate surface area is 167 Å². The Morgan fingerprint density at radius 3 is 2.26 bits per heavy atom. The SMILES string of the molecule is COC(=O)/C(=N/OS(=O)(=O)Cc1ccc(C)cc1)SCc1ccc(Cl)cc1. The minimum atomic E-state index is -4.00. The Bertz CT molecular complexity index is 910. The lowest BCUT2D eigenvalue weighted by Gasteiger charge is -2.06. The minimum absolute atomic E-state index is 0.195. The molecule has 0 fully saturated rings. The molecule has 0 atom stereocenters. The summed E-state index contributed by atoms with van der Waals surface area (Å²) in [4.78, 5) is 11.8. The first-order valence-electron chi connectivity index (χ1n) is 7.79. The van der Waals surface area contributed by atoms with E-state index in [0.717, 1.165) is 22.9 Å². The third-order valence-corrected chi connectivity index (χ3v) is 5.58. The molecule has 0 saturated carbocycles. The normalized spacial score (nSPS) is 11.9. The van der Waals surface area contributed by atoms with E-state index in [2.05, 4.69) is 14.2 Å². The molecule has 27 heavy (non-hydrogen) atoms. The van der Waals surface area contributed by atoms with Gasteiger partial charge in [-0.1, -0.05) is 70.5 Å². The summed E-state index contributed by atoms with van der Waals surface area (Å²) in [5.74, 6) is -0.765. The predicted octanol–water partition coefficient (Wildman–Crippen LogP) is 3.91. The first kappa shape index (κ1) is 21.3. The highest BCUT2D eigenvalue weighted by atomic mass is 35.5. The number of hydrogen-bond donors (Lipinski definition) is 0. The van der Waals surface area contributed by atoms with Gasteiger partial charge in [0.1, 0.15) is 5.75 Å². The van der Waals surface area contributed by atoms with Gasteiger partial charge in [0.15, 0.2) is 0 Å². The van der Waals surface area contributed by atoms with Crippen LogP contribution in [0.3, 0.4) is 0 Å². The van der Waals surface area contributed by atoms with E-state index in [4.69, 9.17) is 11.6 Å². The van der Waals surface area contributed by atoms with Crippen molar-refractivity contribution >= 4 is 44.5 Å². The predicted molar refractivity (Wildman–Crippen MR) is 107 cm³/mol. The Kier molecular flexibility index (Phi) is 7.70. The van der Waals surface area contributed by atoms with Crippen LogP contribution in [-0.4, -0.2) is 26.5 Å². The van der Waals surface area contributed by atoms with E-state index < -0.39 is 16.1 Å². The van der Waals surface area contributed by atoms with Gasteiger partial charge in [-0.05, 0) is 30.2 Å². The largest absolute Gasteiger partial charge is 0.464 e. The summed E-state index contributed by atoms with van der Waals surface area (Å²) in [7, 11) is -2.82. The third-order valence-electron chi connectivity index (χ3n) is 3.35. The van der Waals surface area contributed by atoms with Crippen molar-refractivity contribution in [3.05, 3.63) is 70.2 Å². The molecule has 0 amide bonds. The van der Waals surface area contributed by atoms with Crippen LogP contribution in [0.5, 0.6) is 0 Å². The first-order valence-corrected chi connectivity index (χ1v) is 10.7. The number of nitrogens with zero attached hydrogens (tertiary/aromatic N) is 1. The van der Waals surface area contributed by atoms with Crippen LogP contribution in [0, 0.1) is 6.92 Å². The number of halogens is 1. The van der Waals surface area contributed by atoms with Gasteiger partial charge in [-0.3, -0.25) is 4.28 Å². The Balaban J connectivity index is 2.05. The Morgan fingerprint density at radius 1 is 1.07 bits per heavy atom. The molecule has 6 nitrogen and oxygen atoms in total. The first-order chi connectivity index (χ1) is 12.8. The van der Waals surface area contributed by atoms with Crippen molar-refractivity contribution < 1.29 is 22.2 Å². The highest BCUT2D eigenvalue weighted by Gasteiger charge is 2.18. The van der Waals surface area contributed by atoms with Gasteiger partial charge in [-0.25, -0.2) is 4.79 Å². The van der Waals surface area contributed by atoms with Gasteiger partial charge in [0.2, 0.25) is 5.04 Å². The lowest BCUT2D eigenvalue weighted by molar-refractivity contribution is -0.132. The lowest BCUT2D eigenvalue weighted by Crippen LogP contribution is -2.15. The topological polar surface area (TPSA) is 82.0 Å². The summed E-state index contributed by atoms with van der Waals surface area (Å²) in [5.41, 5.74) is 2.45. The maximum absolute atomic E-state index is 12.1. The molecule has 0 aromatic heterocycles. The zero-order valence-corrected chi connectivity index (χ0v) is 17.1. The number of carbonyl (C=O) groups excluding carboxylic acids is 1. The molecule has 0 spiro atoms. The number of benzene rings is 2. The van der Waals surface area contributed by atoms with Crippen molar-refractivity contribution in [2.45, 2.75) is 18.4 Å². The van der Waals surface area contributed by atoms with Crippen molar-refractivity contribution in [3.63, 3.8) is 0 Å². The molecule has 144 valence electrons. The van der Waals surface area contributed by atoms with E-state index in [1.54, 1.807) is 48.5 Å². The number of thioether (sulfide) groups is 1. The van der Waals surface area contributed by atoms with Crippen LogP contribution in [0.4, 0.5) is 0 Å². The Morgan fingerprint density at radius 2 is 1.67 bits per heavy atom. The van der Waals surface area contributed by atoms with Gasteiger partial charge in [0.05, 0.1) is 7.11 Å². The zero-order valence-electron chi connectivity index (χ0n) is 14.7. The fourth-order valence-corrected chi connectivity index (χ4v) is 3.75. The van der Waals surface area contributed by atoms with E-state index in [1.165, 1.54) is 7.11 Å². The quantitative estimate of drug-likeness (QED) is 0.301. The maximum atomic E-state index is 12.1. The number of esters is 1. The molecule has 0 radical (unpaired) electrons. The number of rotatable bonds is 6. The molecule has 2 aromatic rings. The van der Waals surface area contributed by atoms with Crippen molar-refractivity contribution in [1.82, 2.24) is 0 Å². The average molecular weight is 428 g/mol. The van der Waals surface area contributed by atoms with Gasteiger partial charge in [-0.2, -0.15) is 8.42 Å². The summed E-state index contributed by atoms with van der Waals surface area (Å²) >= 11 is 6.84. The van der Waals surface area contributed by atoms with Crippen LogP contribution >= 0.6 is 23.4 Å². The van der Waals surface area contributed by atoms with Crippen molar-refractivity contribution in [2.24, 2.45) is 5.16 Å². The molecule has 0 heterocycles. The summed E-state index contributed by atoms with van der Waals surface area (Å²) in [6.07, 6.45) is 0. The van der Waals surface area contributed by atoms with E-state index >= 15 is 0 Å². The second kappa shape index (κ2) is 9.77. The van der Waals surface area contributed by atoms with Crippen molar-refractivity contribution in [1.29, 1.82) is 0 Å². The molecule has 0 aliphatic rings. The zero-order chi connectivity index (χ0) is 19.9. The highest BCUT2D eigenvalue weighted by molar-refractivity contribution is 8.15. The molecule has 2 rings (SSSR count). The summed E-state index contributed by atoms with van der Waals surface area (Å²) in [5, 5.41) is 3.90. The summed E-state index contributed by atoms with van der Waals surface area (Å²) in [6.45, 7) is 1.90. The third kappa shape index (κ3) is 7.24. The number of hydrogen-bond acceptors (Lipinski definition) is 7. The minimum Gasteiger partial charge on any atom is -0.464 e. The van der Waals surface area contributed by atoms with Crippen LogP contribution in [0.25, 0.3) is 0 Å². The monoisotopic (exact) mass is 427 g/mol. The fourth-order valence-electron chi connectivity index (χ4n) is 1.95. The molecule has 0 bridgehead atoms. The molecular formula is C18H18ClNO5S2. The highest BCUT2D eigenvalue weighted by Crippen LogP contribution is 2.18. The van der Waals surface area contributed by atoms with Gasteiger partial charge in [0, 0.05) is 10.8 Å². The molecule has 0 saturated heterocycles. The van der Waals surface area contributed by atoms with E-state index in [9.17, 15) is 13.2 Å². The van der Waals surface area contributed by atoms with Gasteiger partial charge < -0.3 is 4.74 Å². The second-order valence-corrected chi connectivity index (χ2v) is 8.52. The maximum Gasteiger partial charge on any atom is 0.366 e. The van der Waals surface area contributed by atoms with Crippen LogP contribution in [0.1, 0.15) is 16.7 Å². The van der Waals surface area contributed by atoms with Gasteiger partial charge >= 0.3 is 16.1 Å². The number of ether oxygens (including phenoxy) is 1. The van der Waals surface area contributed by atoms with E-state index in [0.29, 0.717) is 16.3 Å². The van der Waals surface area contributed by atoms with Crippen LogP contribution in [0.15, 0.2) is 53.7 Å². The van der Waals surface area contributed by atoms with Gasteiger partial charge in [-0.15, -0.1) is 0 Å². The van der Waals surface area contributed by atoms with E-state index in [-0.39, 0.29) is 10.8 Å². The summed E-state index contributed by atoms with van der Waals surface area (Å²) < 4.78 is 33.5. The number of carbonyl (C=O) groups is 1. The second-order valence-electron chi connectivity index (χ2n) is 5.57. The lowest BCUT2D eigenvalue weighted by atomic mass is 10.2. The van der Waals surface area contributed by atoms with Crippen molar-refractivity contribution in [2.75, 3.05) is 7.11 Å². The van der Waals surface area contributed by atoms with Crippen LogP contribution in [0.2, 0.25) is 5.02 Å². The Hall–Kier alpha value is -2.03. The number of oxime groups is 1. The van der Waals surface area contributed by atoms with Crippen molar-refractivity contribution in [3.8, 4) is 0 Å². The molecule has 0 unspecified atom stereocenters. The average Bonchev–Trinajstić information content (AvgIpc) is 2.64. The molecule has 0 N–H and O–H groups in total.